The van der Waals surface area contributed by atoms with Gasteiger partial charge in [-0.3, -0.25) is 9.59 Å². The number of rotatable bonds is 5. The van der Waals surface area contributed by atoms with Gasteiger partial charge in [0.15, 0.2) is 0 Å². The molecule has 14 heavy (non-hydrogen) atoms. The van der Waals surface area contributed by atoms with E-state index < -0.39 is 0 Å². The first-order chi connectivity index (χ1) is 6.72. The Bertz CT molecular complexity index is 240. The number of hydrogen-bond donors (Lipinski definition) is 3. The number of carbonyl (C=O) groups excluding carboxylic acids is 2. The third kappa shape index (κ3) is 3.57. The highest BCUT2D eigenvalue weighted by Crippen LogP contribution is 1.97. The first-order valence-corrected chi connectivity index (χ1v) is 4.60. The van der Waals surface area contributed by atoms with Crippen LogP contribution in [0.2, 0.25) is 0 Å². The molecule has 1 unspecified atom stereocenters. The van der Waals surface area contributed by atoms with Crippen LogP contribution in [0.1, 0.15) is 6.42 Å². The summed E-state index contributed by atoms with van der Waals surface area (Å²) < 4.78 is 0. The van der Waals surface area contributed by atoms with Crippen LogP contribution in [-0.2, 0) is 9.59 Å². The Morgan fingerprint density at radius 1 is 1.71 bits per heavy atom. The Morgan fingerprint density at radius 2 is 2.50 bits per heavy atom. The summed E-state index contributed by atoms with van der Waals surface area (Å²) in [6.07, 6.45) is 2.07. The molecule has 5 heteroatoms. The predicted octanol–water partition coefficient (Wildman–Crippen LogP) is -1.23. The maximum absolute atomic E-state index is 11.2. The lowest BCUT2D eigenvalue weighted by atomic mass is 10.2. The van der Waals surface area contributed by atoms with Crippen molar-refractivity contribution in [2.75, 3.05) is 19.6 Å². The SMILES string of the molecule is C=CCNCC(=O)NC1CNC(=O)C1. The zero-order chi connectivity index (χ0) is 10.4. The van der Waals surface area contributed by atoms with E-state index in [0.717, 1.165) is 0 Å². The topological polar surface area (TPSA) is 70.2 Å². The van der Waals surface area contributed by atoms with Crippen molar-refractivity contribution < 1.29 is 9.59 Å². The molecule has 0 aromatic heterocycles. The Kier molecular flexibility index (Phi) is 4.12. The second-order valence-corrected chi connectivity index (χ2v) is 3.19. The van der Waals surface area contributed by atoms with Gasteiger partial charge in [-0.25, -0.2) is 0 Å². The lowest BCUT2D eigenvalue weighted by Crippen LogP contribution is -2.41. The molecule has 0 saturated carbocycles. The molecule has 1 heterocycles. The van der Waals surface area contributed by atoms with Gasteiger partial charge in [0.05, 0.1) is 12.6 Å². The van der Waals surface area contributed by atoms with E-state index in [-0.39, 0.29) is 24.4 Å². The quantitative estimate of drug-likeness (QED) is 0.381. The molecule has 0 aromatic carbocycles. The summed E-state index contributed by atoms with van der Waals surface area (Å²) in [5.74, 6) is -0.0947. The van der Waals surface area contributed by atoms with E-state index in [0.29, 0.717) is 19.5 Å². The third-order valence-electron chi connectivity index (χ3n) is 1.92. The van der Waals surface area contributed by atoms with Gasteiger partial charge in [-0.1, -0.05) is 6.08 Å². The standard InChI is InChI=1S/C9H15N3O2/c1-2-3-10-6-9(14)12-7-4-8(13)11-5-7/h2,7,10H,1,3-6H2,(H,11,13)(H,12,14). The van der Waals surface area contributed by atoms with E-state index in [4.69, 9.17) is 0 Å². The van der Waals surface area contributed by atoms with Crippen LogP contribution < -0.4 is 16.0 Å². The van der Waals surface area contributed by atoms with Crippen LogP contribution in [0, 0.1) is 0 Å². The zero-order valence-corrected chi connectivity index (χ0v) is 8.01. The molecule has 1 aliphatic rings. The van der Waals surface area contributed by atoms with E-state index in [1.807, 2.05) is 0 Å². The minimum Gasteiger partial charge on any atom is -0.354 e. The molecule has 1 aliphatic heterocycles. The van der Waals surface area contributed by atoms with E-state index >= 15 is 0 Å². The molecule has 78 valence electrons. The first-order valence-electron chi connectivity index (χ1n) is 4.60. The average molecular weight is 197 g/mol. The second-order valence-electron chi connectivity index (χ2n) is 3.19. The third-order valence-corrected chi connectivity index (χ3v) is 1.92. The van der Waals surface area contributed by atoms with Gasteiger partial charge in [-0.15, -0.1) is 6.58 Å². The van der Waals surface area contributed by atoms with Crippen molar-refractivity contribution in [2.45, 2.75) is 12.5 Å². The second kappa shape index (κ2) is 5.39. The van der Waals surface area contributed by atoms with Crippen LogP contribution >= 0.6 is 0 Å². The molecule has 1 rings (SSSR count). The number of amides is 2. The van der Waals surface area contributed by atoms with Gasteiger partial charge in [0, 0.05) is 19.5 Å². The van der Waals surface area contributed by atoms with Gasteiger partial charge >= 0.3 is 0 Å². The summed E-state index contributed by atoms with van der Waals surface area (Å²) in [4.78, 5) is 22.0. The van der Waals surface area contributed by atoms with E-state index in [1.54, 1.807) is 6.08 Å². The molecule has 0 aromatic rings. The molecule has 0 bridgehead atoms. The summed E-state index contributed by atoms with van der Waals surface area (Å²) in [6.45, 7) is 4.92. The summed E-state index contributed by atoms with van der Waals surface area (Å²) in [7, 11) is 0. The molecule has 0 radical (unpaired) electrons. The van der Waals surface area contributed by atoms with Crippen LogP contribution in [0.4, 0.5) is 0 Å². The van der Waals surface area contributed by atoms with Gasteiger partial charge in [0.25, 0.3) is 0 Å². The van der Waals surface area contributed by atoms with Gasteiger partial charge in [-0.05, 0) is 0 Å². The van der Waals surface area contributed by atoms with Crippen LogP contribution in [0.25, 0.3) is 0 Å². The van der Waals surface area contributed by atoms with E-state index in [2.05, 4.69) is 22.5 Å². The highest BCUT2D eigenvalue weighted by molar-refractivity contribution is 5.82. The largest absolute Gasteiger partial charge is 0.354 e. The van der Waals surface area contributed by atoms with Crippen molar-refractivity contribution in [3.63, 3.8) is 0 Å². The average Bonchev–Trinajstić information content (AvgIpc) is 2.52. The monoisotopic (exact) mass is 197 g/mol. The van der Waals surface area contributed by atoms with E-state index in [9.17, 15) is 9.59 Å². The lowest BCUT2D eigenvalue weighted by molar-refractivity contribution is -0.120. The van der Waals surface area contributed by atoms with Crippen molar-refractivity contribution in [2.24, 2.45) is 0 Å². The van der Waals surface area contributed by atoms with Gasteiger partial charge in [0.2, 0.25) is 11.8 Å². The fourth-order valence-corrected chi connectivity index (χ4v) is 1.27. The Hall–Kier alpha value is -1.36. The Morgan fingerprint density at radius 3 is 3.07 bits per heavy atom. The molecule has 1 atom stereocenters. The summed E-state index contributed by atoms with van der Waals surface area (Å²) in [5, 5.41) is 8.29. The summed E-state index contributed by atoms with van der Waals surface area (Å²) in [6, 6.07) is -0.0551. The first kappa shape index (κ1) is 10.7. The highest BCUT2D eigenvalue weighted by atomic mass is 16.2. The molecule has 1 saturated heterocycles. The van der Waals surface area contributed by atoms with Crippen molar-refractivity contribution in [3.8, 4) is 0 Å². The van der Waals surface area contributed by atoms with Gasteiger partial charge < -0.3 is 16.0 Å². The molecule has 1 fully saturated rings. The molecule has 3 N–H and O–H groups in total. The normalized spacial score (nSPS) is 20.3. The number of hydrogen-bond acceptors (Lipinski definition) is 3. The van der Waals surface area contributed by atoms with Gasteiger partial charge in [0.1, 0.15) is 0 Å². The highest BCUT2D eigenvalue weighted by Gasteiger charge is 2.22. The fourth-order valence-electron chi connectivity index (χ4n) is 1.27. The van der Waals surface area contributed by atoms with Crippen LogP contribution in [0.15, 0.2) is 12.7 Å². The van der Waals surface area contributed by atoms with Crippen LogP contribution in [-0.4, -0.2) is 37.5 Å². The van der Waals surface area contributed by atoms with Crippen molar-refractivity contribution in [1.82, 2.24) is 16.0 Å². The minimum atomic E-state index is -0.0895. The number of carbonyl (C=O) groups is 2. The zero-order valence-electron chi connectivity index (χ0n) is 8.01. The summed E-state index contributed by atoms with van der Waals surface area (Å²) in [5.41, 5.74) is 0. The maximum atomic E-state index is 11.2. The lowest BCUT2D eigenvalue weighted by Gasteiger charge is -2.10. The minimum absolute atomic E-state index is 0.00523. The predicted molar refractivity (Wildman–Crippen MR) is 52.6 cm³/mol. The van der Waals surface area contributed by atoms with Crippen LogP contribution in [0.5, 0.6) is 0 Å². The summed E-state index contributed by atoms with van der Waals surface area (Å²) >= 11 is 0. The van der Waals surface area contributed by atoms with Crippen molar-refractivity contribution in [1.29, 1.82) is 0 Å². The Labute approximate surface area is 82.9 Å². The van der Waals surface area contributed by atoms with Crippen molar-refractivity contribution in [3.05, 3.63) is 12.7 Å². The molecule has 0 aliphatic carbocycles. The van der Waals surface area contributed by atoms with Gasteiger partial charge in [-0.2, -0.15) is 0 Å². The molecular weight excluding hydrogens is 182 g/mol. The molecule has 0 spiro atoms. The fraction of sp³-hybridized carbons (Fsp3) is 0.556. The maximum Gasteiger partial charge on any atom is 0.234 e. The van der Waals surface area contributed by atoms with Crippen molar-refractivity contribution >= 4 is 11.8 Å². The molecular formula is C9H15N3O2. The van der Waals surface area contributed by atoms with E-state index in [1.165, 1.54) is 0 Å². The molecule has 2 amide bonds. The number of nitrogens with one attached hydrogen (secondary N) is 3. The Balaban J connectivity index is 2.14. The smallest absolute Gasteiger partial charge is 0.234 e. The van der Waals surface area contributed by atoms with Crippen LogP contribution in [0.3, 0.4) is 0 Å². The molecule has 5 nitrogen and oxygen atoms in total.